The number of aromatic carboxylic acids is 1. The van der Waals surface area contributed by atoms with Gasteiger partial charge >= 0.3 is 18.1 Å². The summed E-state index contributed by atoms with van der Waals surface area (Å²) in [5, 5.41) is 11.6. The van der Waals surface area contributed by atoms with Crippen molar-refractivity contribution >= 4 is 34.7 Å². The predicted octanol–water partition coefficient (Wildman–Crippen LogP) is 2.55. The Hall–Kier alpha value is -3.63. The van der Waals surface area contributed by atoms with E-state index in [2.05, 4.69) is 5.32 Å². The highest BCUT2D eigenvalue weighted by molar-refractivity contribution is 5.94. The number of imide groups is 1. The third-order valence-corrected chi connectivity index (χ3v) is 5.83. The molecular formula is C22H25FN4O6. The number of carbonyl (C=O) groups is 3. The van der Waals surface area contributed by atoms with Gasteiger partial charge in [-0.15, -0.1) is 0 Å². The fraction of sp³-hybridized carbons (Fsp3) is 0.455. The molecular weight excluding hydrogens is 435 g/mol. The fourth-order valence-corrected chi connectivity index (χ4v) is 3.96. The number of pyridine rings is 1. The van der Waals surface area contributed by atoms with Crippen LogP contribution in [-0.2, 0) is 4.74 Å². The molecule has 0 bridgehead atoms. The molecule has 11 heteroatoms. The number of piperazine rings is 1. The van der Waals surface area contributed by atoms with Gasteiger partial charge in [0.1, 0.15) is 11.4 Å². The minimum absolute atomic E-state index is 0.0339. The van der Waals surface area contributed by atoms with Crippen LogP contribution in [0.4, 0.5) is 19.7 Å². The molecule has 2 aromatic rings. The molecule has 1 aliphatic carbocycles. The summed E-state index contributed by atoms with van der Waals surface area (Å²) in [6.07, 6.45) is 2.90. The Bertz CT molecular complexity index is 1170. The van der Waals surface area contributed by atoms with Crippen molar-refractivity contribution < 1.29 is 28.6 Å². The van der Waals surface area contributed by atoms with Crippen molar-refractivity contribution in [1.29, 1.82) is 0 Å². The van der Waals surface area contributed by atoms with Crippen molar-refractivity contribution in [3.63, 3.8) is 0 Å². The van der Waals surface area contributed by atoms with E-state index >= 15 is 4.39 Å². The molecule has 1 aromatic heterocycles. The normalized spacial score (nSPS) is 16.1. The molecule has 1 saturated heterocycles. The molecule has 4 rings (SSSR count). The molecule has 2 fully saturated rings. The first-order valence-electron chi connectivity index (χ1n) is 10.9. The second-order valence-electron chi connectivity index (χ2n) is 8.18. The van der Waals surface area contributed by atoms with E-state index in [-0.39, 0.29) is 42.4 Å². The lowest BCUT2D eigenvalue weighted by Gasteiger charge is -2.36. The lowest BCUT2D eigenvalue weighted by Crippen LogP contribution is -2.53. The average molecular weight is 460 g/mol. The molecule has 0 spiro atoms. The number of anilines is 1. The van der Waals surface area contributed by atoms with Crippen LogP contribution in [0.3, 0.4) is 0 Å². The van der Waals surface area contributed by atoms with E-state index in [0.29, 0.717) is 25.0 Å². The standard InChI is InChI=1S/C22H25FN4O6/c1-2-9-33-22(32)24-21(31)26-7-5-25(6-8-26)18-11-17-14(10-16(18)23)19(28)15(20(29)30)12-27(17)13-3-4-13/h10-13H,2-9H2,1H3,(H,29,30)(H,24,31,32). The summed E-state index contributed by atoms with van der Waals surface area (Å²) in [5.41, 5.74) is -0.320. The molecule has 10 nitrogen and oxygen atoms in total. The quantitative estimate of drug-likeness (QED) is 0.703. The highest BCUT2D eigenvalue weighted by Crippen LogP contribution is 2.38. The number of nitrogens with zero attached hydrogens (tertiary/aromatic N) is 3. The maximum Gasteiger partial charge on any atom is 0.415 e. The zero-order chi connectivity index (χ0) is 23.7. The average Bonchev–Trinajstić information content (AvgIpc) is 3.63. The first-order valence-corrected chi connectivity index (χ1v) is 10.9. The molecule has 2 N–H and O–H groups in total. The topological polar surface area (TPSA) is 121 Å². The highest BCUT2D eigenvalue weighted by atomic mass is 19.1. The first-order chi connectivity index (χ1) is 15.8. The molecule has 1 aliphatic heterocycles. The zero-order valence-corrected chi connectivity index (χ0v) is 18.2. The summed E-state index contributed by atoms with van der Waals surface area (Å²) in [5.74, 6) is -1.97. The van der Waals surface area contributed by atoms with Gasteiger partial charge in [0, 0.05) is 43.8 Å². The van der Waals surface area contributed by atoms with Crippen molar-refractivity contribution in [3.8, 4) is 0 Å². The number of carboxylic acid groups (broad SMARTS) is 1. The second kappa shape index (κ2) is 9.08. The SMILES string of the molecule is CCCOC(=O)NC(=O)N1CCN(c2cc3c(cc2F)c(=O)c(C(=O)O)cn3C2CC2)CC1. The summed E-state index contributed by atoms with van der Waals surface area (Å²) < 4.78 is 21.6. The number of nitrogens with one attached hydrogen (secondary N) is 1. The number of hydrogen-bond acceptors (Lipinski definition) is 6. The lowest BCUT2D eigenvalue weighted by molar-refractivity contribution is 0.0694. The molecule has 1 aromatic carbocycles. The van der Waals surface area contributed by atoms with Crippen LogP contribution in [0.15, 0.2) is 23.1 Å². The minimum atomic E-state index is -1.34. The number of halogens is 1. The van der Waals surface area contributed by atoms with E-state index in [1.165, 1.54) is 11.1 Å². The summed E-state index contributed by atoms with van der Waals surface area (Å²) >= 11 is 0. The zero-order valence-electron chi connectivity index (χ0n) is 18.2. The van der Waals surface area contributed by atoms with E-state index < -0.39 is 29.3 Å². The highest BCUT2D eigenvalue weighted by Gasteiger charge is 2.29. The van der Waals surface area contributed by atoms with Crippen molar-refractivity contribution in [2.75, 3.05) is 37.7 Å². The van der Waals surface area contributed by atoms with Crippen LogP contribution in [0.5, 0.6) is 0 Å². The molecule has 176 valence electrons. The van der Waals surface area contributed by atoms with Gasteiger partial charge < -0.3 is 24.2 Å². The summed E-state index contributed by atoms with van der Waals surface area (Å²) in [4.78, 5) is 51.1. The smallest absolute Gasteiger partial charge is 0.415 e. The number of urea groups is 1. The molecule has 2 aliphatic rings. The van der Waals surface area contributed by atoms with Gasteiger partial charge in [-0.3, -0.25) is 4.79 Å². The van der Waals surface area contributed by atoms with Gasteiger partial charge in [0.15, 0.2) is 0 Å². The number of benzene rings is 1. The maximum absolute atomic E-state index is 15.0. The molecule has 3 amide bonds. The maximum atomic E-state index is 15.0. The summed E-state index contributed by atoms with van der Waals surface area (Å²) in [7, 11) is 0. The van der Waals surface area contributed by atoms with Gasteiger partial charge in [-0.05, 0) is 31.4 Å². The van der Waals surface area contributed by atoms with E-state index in [9.17, 15) is 24.3 Å². The Kier molecular flexibility index (Phi) is 6.21. The van der Waals surface area contributed by atoms with Gasteiger partial charge in [-0.2, -0.15) is 0 Å². The number of aromatic nitrogens is 1. The Morgan fingerprint density at radius 3 is 2.48 bits per heavy atom. The van der Waals surface area contributed by atoms with E-state index in [1.54, 1.807) is 15.5 Å². The van der Waals surface area contributed by atoms with Crippen molar-refractivity contribution in [1.82, 2.24) is 14.8 Å². The van der Waals surface area contributed by atoms with E-state index in [1.807, 2.05) is 6.92 Å². The van der Waals surface area contributed by atoms with Crippen molar-refractivity contribution in [2.24, 2.45) is 0 Å². The predicted molar refractivity (Wildman–Crippen MR) is 117 cm³/mol. The molecule has 33 heavy (non-hydrogen) atoms. The van der Waals surface area contributed by atoms with Gasteiger partial charge in [0.25, 0.3) is 0 Å². The third-order valence-electron chi connectivity index (χ3n) is 5.83. The van der Waals surface area contributed by atoms with Crippen LogP contribution >= 0.6 is 0 Å². The lowest BCUT2D eigenvalue weighted by atomic mass is 10.1. The first kappa shape index (κ1) is 22.6. The van der Waals surface area contributed by atoms with Gasteiger partial charge in [0.2, 0.25) is 5.43 Å². The van der Waals surface area contributed by atoms with Crippen LogP contribution in [0.2, 0.25) is 0 Å². The Morgan fingerprint density at radius 2 is 1.88 bits per heavy atom. The summed E-state index contributed by atoms with van der Waals surface area (Å²) in [6, 6.07) is 2.19. The minimum Gasteiger partial charge on any atom is -0.477 e. The van der Waals surface area contributed by atoms with Crippen LogP contribution in [0.25, 0.3) is 10.9 Å². The number of rotatable bonds is 5. The number of alkyl carbamates (subject to hydrolysis) is 1. The van der Waals surface area contributed by atoms with Crippen LogP contribution in [0, 0.1) is 5.82 Å². The molecule has 0 radical (unpaired) electrons. The molecule has 0 atom stereocenters. The van der Waals surface area contributed by atoms with Gasteiger partial charge in [-0.1, -0.05) is 6.92 Å². The second-order valence-corrected chi connectivity index (χ2v) is 8.18. The van der Waals surface area contributed by atoms with Gasteiger partial charge in [0.05, 0.1) is 17.8 Å². The summed E-state index contributed by atoms with van der Waals surface area (Å²) in [6.45, 7) is 3.22. The number of hydrogen-bond donors (Lipinski definition) is 2. The number of carboxylic acids is 1. The Labute approximate surface area is 188 Å². The molecule has 0 unspecified atom stereocenters. The largest absolute Gasteiger partial charge is 0.477 e. The number of ether oxygens (including phenoxy) is 1. The third kappa shape index (κ3) is 4.62. The van der Waals surface area contributed by atoms with Crippen LogP contribution < -0.4 is 15.6 Å². The van der Waals surface area contributed by atoms with Gasteiger partial charge in [-0.25, -0.2) is 24.1 Å². The van der Waals surface area contributed by atoms with E-state index in [4.69, 9.17) is 4.74 Å². The number of carbonyl (C=O) groups excluding carboxylic acids is 2. The van der Waals surface area contributed by atoms with Crippen LogP contribution in [0.1, 0.15) is 42.6 Å². The van der Waals surface area contributed by atoms with Crippen LogP contribution in [-0.4, -0.2) is 65.5 Å². The monoisotopic (exact) mass is 460 g/mol. The number of amides is 3. The van der Waals surface area contributed by atoms with Crippen molar-refractivity contribution in [2.45, 2.75) is 32.2 Å². The number of fused-ring (bicyclic) bond motifs is 1. The molecule has 2 heterocycles. The van der Waals surface area contributed by atoms with E-state index in [0.717, 1.165) is 18.9 Å². The van der Waals surface area contributed by atoms with Crippen molar-refractivity contribution in [3.05, 3.63) is 39.9 Å². The molecule has 1 saturated carbocycles. The Balaban J connectivity index is 1.54. The Morgan fingerprint density at radius 1 is 1.18 bits per heavy atom. The fourth-order valence-electron chi connectivity index (χ4n) is 3.96.